The Balaban J connectivity index is 1.49. The molecule has 0 aliphatic rings. The first-order valence-electron chi connectivity index (χ1n) is 8.34. The third-order valence-electron chi connectivity index (χ3n) is 3.80. The maximum Gasteiger partial charge on any atom is 0.258 e. The standard InChI is InChI=1S/C20H18FN3OS2/c21-18-4-2-1-3-17(18)19(25)23-15-5-7-16(8-6-15)24-20(26)22-11-9-14-10-12-27-13-14/h1-8,10,12-13H,9,11H2,(H,23,25)(H2,22,24,26). The fraction of sp³-hybridized carbons (Fsp3) is 0.100. The van der Waals surface area contributed by atoms with Gasteiger partial charge in [0.15, 0.2) is 5.11 Å². The summed E-state index contributed by atoms with van der Waals surface area (Å²) >= 11 is 6.96. The van der Waals surface area contributed by atoms with E-state index in [0.717, 1.165) is 18.7 Å². The molecule has 3 rings (SSSR count). The molecule has 7 heteroatoms. The summed E-state index contributed by atoms with van der Waals surface area (Å²) in [6.45, 7) is 0.749. The number of carbonyl (C=O) groups excluding carboxylic acids is 1. The second kappa shape index (κ2) is 9.25. The lowest BCUT2D eigenvalue weighted by Crippen LogP contribution is -2.30. The second-order valence-electron chi connectivity index (χ2n) is 5.77. The van der Waals surface area contributed by atoms with Crippen molar-refractivity contribution < 1.29 is 9.18 Å². The number of hydrogen-bond acceptors (Lipinski definition) is 3. The van der Waals surface area contributed by atoms with Crippen molar-refractivity contribution in [2.24, 2.45) is 0 Å². The SMILES string of the molecule is O=C(Nc1ccc(NC(=S)NCCc2ccsc2)cc1)c1ccccc1F. The molecule has 0 aliphatic carbocycles. The van der Waals surface area contributed by atoms with Crippen molar-refractivity contribution in [2.45, 2.75) is 6.42 Å². The van der Waals surface area contributed by atoms with Crippen LogP contribution in [0.25, 0.3) is 0 Å². The number of halogens is 1. The molecule has 27 heavy (non-hydrogen) atoms. The van der Waals surface area contributed by atoms with E-state index < -0.39 is 11.7 Å². The highest BCUT2D eigenvalue weighted by Crippen LogP contribution is 2.16. The van der Waals surface area contributed by atoms with E-state index in [9.17, 15) is 9.18 Å². The topological polar surface area (TPSA) is 53.2 Å². The lowest BCUT2D eigenvalue weighted by molar-refractivity contribution is 0.102. The third-order valence-corrected chi connectivity index (χ3v) is 4.78. The zero-order chi connectivity index (χ0) is 19.1. The Hall–Kier alpha value is -2.77. The molecule has 1 amide bonds. The van der Waals surface area contributed by atoms with Crippen LogP contribution >= 0.6 is 23.6 Å². The van der Waals surface area contributed by atoms with E-state index in [2.05, 4.69) is 32.8 Å². The van der Waals surface area contributed by atoms with Crippen molar-refractivity contribution >= 4 is 45.9 Å². The van der Waals surface area contributed by atoms with E-state index in [1.807, 2.05) is 0 Å². The van der Waals surface area contributed by atoms with Crippen LogP contribution in [0.3, 0.4) is 0 Å². The maximum absolute atomic E-state index is 13.7. The lowest BCUT2D eigenvalue weighted by atomic mass is 10.2. The Morgan fingerprint density at radius 1 is 1.00 bits per heavy atom. The molecule has 1 aromatic heterocycles. The molecule has 1 heterocycles. The van der Waals surface area contributed by atoms with E-state index in [0.29, 0.717) is 10.8 Å². The molecule has 0 saturated carbocycles. The van der Waals surface area contributed by atoms with Gasteiger partial charge in [-0.05, 0) is 77.4 Å². The number of hydrogen-bond donors (Lipinski definition) is 3. The van der Waals surface area contributed by atoms with Crippen LogP contribution in [0, 0.1) is 5.82 Å². The van der Waals surface area contributed by atoms with Gasteiger partial charge in [0.25, 0.3) is 5.91 Å². The molecule has 0 fully saturated rings. The number of nitrogens with one attached hydrogen (secondary N) is 3. The van der Waals surface area contributed by atoms with Crippen molar-refractivity contribution in [3.63, 3.8) is 0 Å². The third kappa shape index (κ3) is 5.60. The summed E-state index contributed by atoms with van der Waals surface area (Å²) in [5.74, 6) is -1.04. The van der Waals surface area contributed by atoms with E-state index in [1.54, 1.807) is 47.7 Å². The summed E-state index contributed by atoms with van der Waals surface area (Å²) in [5.41, 5.74) is 2.66. The minimum absolute atomic E-state index is 0.00991. The van der Waals surface area contributed by atoms with Crippen LogP contribution < -0.4 is 16.0 Å². The van der Waals surface area contributed by atoms with Crippen molar-refractivity contribution in [3.8, 4) is 0 Å². The van der Waals surface area contributed by atoms with Crippen LogP contribution in [-0.2, 0) is 6.42 Å². The van der Waals surface area contributed by atoms with Crippen molar-refractivity contribution in [1.29, 1.82) is 0 Å². The average Bonchev–Trinajstić information content (AvgIpc) is 3.17. The Morgan fingerprint density at radius 2 is 1.70 bits per heavy atom. The van der Waals surface area contributed by atoms with Crippen molar-refractivity contribution in [2.75, 3.05) is 17.2 Å². The Bertz CT molecular complexity index is 911. The molecular weight excluding hydrogens is 381 g/mol. The molecule has 0 aliphatic heterocycles. The monoisotopic (exact) mass is 399 g/mol. The molecule has 0 atom stereocenters. The first-order chi connectivity index (χ1) is 13.1. The summed E-state index contributed by atoms with van der Waals surface area (Å²) in [4.78, 5) is 12.1. The molecule has 0 saturated heterocycles. The first kappa shape index (κ1) is 19.0. The molecule has 3 N–H and O–H groups in total. The summed E-state index contributed by atoms with van der Waals surface area (Å²) in [6, 6.07) is 15.0. The minimum atomic E-state index is -0.549. The van der Waals surface area contributed by atoms with Gasteiger partial charge >= 0.3 is 0 Å². The van der Waals surface area contributed by atoms with E-state index in [1.165, 1.54) is 17.7 Å². The van der Waals surface area contributed by atoms with Gasteiger partial charge in [-0.25, -0.2) is 4.39 Å². The first-order valence-corrected chi connectivity index (χ1v) is 9.69. The van der Waals surface area contributed by atoms with Gasteiger partial charge in [-0.15, -0.1) is 0 Å². The molecule has 0 radical (unpaired) electrons. The van der Waals surface area contributed by atoms with E-state index in [-0.39, 0.29) is 5.56 Å². The van der Waals surface area contributed by atoms with Gasteiger partial charge in [0.05, 0.1) is 5.56 Å². The average molecular weight is 400 g/mol. The second-order valence-corrected chi connectivity index (χ2v) is 6.96. The Labute approximate surface area is 166 Å². The number of anilines is 2. The summed E-state index contributed by atoms with van der Waals surface area (Å²) < 4.78 is 13.7. The quantitative estimate of drug-likeness (QED) is 0.528. The Kier molecular flexibility index (Phi) is 6.51. The Morgan fingerprint density at radius 3 is 2.37 bits per heavy atom. The van der Waals surface area contributed by atoms with Crippen molar-refractivity contribution in [3.05, 3.63) is 82.3 Å². The van der Waals surface area contributed by atoms with Gasteiger partial charge in [-0.2, -0.15) is 11.3 Å². The number of amides is 1. The van der Waals surface area contributed by atoms with Gasteiger partial charge in [-0.1, -0.05) is 12.1 Å². The normalized spacial score (nSPS) is 10.3. The zero-order valence-corrected chi connectivity index (χ0v) is 16.0. The van der Waals surface area contributed by atoms with Gasteiger partial charge in [0, 0.05) is 17.9 Å². The molecule has 0 spiro atoms. The van der Waals surface area contributed by atoms with Crippen LogP contribution in [0.1, 0.15) is 15.9 Å². The summed E-state index contributed by atoms with van der Waals surface area (Å²) in [6.07, 6.45) is 0.909. The fourth-order valence-corrected chi connectivity index (χ4v) is 3.33. The highest BCUT2D eigenvalue weighted by Gasteiger charge is 2.10. The van der Waals surface area contributed by atoms with Crippen LogP contribution in [0.15, 0.2) is 65.4 Å². The highest BCUT2D eigenvalue weighted by atomic mass is 32.1. The minimum Gasteiger partial charge on any atom is -0.362 e. The molecule has 138 valence electrons. The predicted octanol–water partition coefficient (Wildman–Crippen LogP) is 4.67. The molecule has 3 aromatic rings. The van der Waals surface area contributed by atoms with Crippen molar-refractivity contribution in [1.82, 2.24) is 5.32 Å². The molecule has 2 aromatic carbocycles. The fourth-order valence-electron chi connectivity index (χ4n) is 2.41. The van der Waals surface area contributed by atoms with E-state index in [4.69, 9.17) is 12.2 Å². The van der Waals surface area contributed by atoms with Gasteiger partial charge in [0.1, 0.15) is 5.82 Å². The summed E-state index contributed by atoms with van der Waals surface area (Å²) in [7, 11) is 0. The van der Waals surface area contributed by atoms with Crippen LogP contribution in [-0.4, -0.2) is 17.6 Å². The predicted molar refractivity (Wildman–Crippen MR) is 113 cm³/mol. The van der Waals surface area contributed by atoms with Crippen LogP contribution in [0.4, 0.5) is 15.8 Å². The lowest BCUT2D eigenvalue weighted by Gasteiger charge is -2.11. The largest absolute Gasteiger partial charge is 0.362 e. The molecule has 0 unspecified atom stereocenters. The van der Waals surface area contributed by atoms with Gasteiger partial charge < -0.3 is 16.0 Å². The molecule has 0 bridgehead atoms. The summed E-state index contributed by atoms with van der Waals surface area (Å²) in [5, 5.41) is 13.6. The van der Waals surface area contributed by atoms with Gasteiger partial charge in [0.2, 0.25) is 0 Å². The molecule has 4 nitrogen and oxygen atoms in total. The molecular formula is C20H18FN3OS2. The van der Waals surface area contributed by atoms with Crippen LogP contribution in [0.5, 0.6) is 0 Å². The highest BCUT2D eigenvalue weighted by molar-refractivity contribution is 7.80. The number of thiocarbonyl (C=S) groups is 1. The number of thiophene rings is 1. The smallest absolute Gasteiger partial charge is 0.258 e. The zero-order valence-electron chi connectivity index (χ0n) is 14.4. The van der Waals surface area contributed by atoms with E-state index >= 15 is 0 Å². The van der Waals surface area contributed by atoms with Crippen LogP contribution in [0.2, 0.25) is 0 Å². The number of carbonyl (C=O) groups is 1. The number of rotatable bonds is 6. The number of benzene rings is 2. The van der Waals surface area contributed by atoms with Gasteiger partial charge in [-0.3, -0.25) is 4.79 Å². The maximum atomic E-state index is 13.7.